The zero-order valence-corrected chi connectivity index (χ0v) is 16.1. The van der Waals surface area contributed by atoms with E-state index >= 15 is 0 Å². The fourth-order valence-corrected chi connectivity index (χ4v) is 3.37. The number of thioether (sulfide) groups is 1. The van der Waals surface area contributed by atoms with Crippen LogP contribution < -0.4 is 5.32 Å². The summed E-state index contributed by atoms with van der Waals surface area (Å²) in [6.07, 6.45) is 4.30. The van der Waals surface area contributed by atoms with Crippen molar-refractivity contribution in [3.05, 3.63) is 60.4 Å². The van der Waals surface area contributed by atoms with E-state index in [1.165, 1.54) is 17.3 Å². The van der Waals surface area contributed by atoms with E-state index < -0.39 is 0 Å². The van der Waals surface area contributed by atoms with Gasteiger partial charge in [0.05, 0.1) is 10.8 Å². The molecule has 3 aromatic rings. The van der Waals surface area contributed by atoms with Crippen molar-refractivity contribution in [2.45, 2.75) is 36.7 Å². The van der Waals surface area contributed by atoms with Crippen LogP contribution in [-0.4, -0.2) is 32.9 Å². The number of pyridine rings is 1. The first-order chi connectivity index (χ1) is 13.2. The second-order valence-electron chi connectivity index (χ2n) is 6.14. The molecule has 6 nitrogen and oxygen atoms in total. The summed E-state index contributed by atoms with van der Waals surface area (Å²) in [6, 6.07) is 13.9. The highest BCUT2D eigenvalue weighted by molar-refractivity contribution is 8.00. The molecule has 0 aliphatic heterocycles. The number of rotatable bonds is 8. The van der Waals surface area contributed by atoms with Gasteiger partial charge in [-0.05, 0) is 31.0 Å². The molecule has 0 radical (unpaired) electrons. The number of benzene rings is 1. The number of hydrogen-bond acceptors (Lipinski definition) is 6. The Morgan fingerprint density at radius 2 is 2.00 bits per heavy atom. The van der Waals surface area contributed by atoms with E-state index in [1.54, 1.807) is 18.5 Å². The van der Waals surface area contributed by atoms with Crippen LogP contribution in [0, 0.1) is 0 Å². The van der Waals surface area contributed by atoms with Crippen molar-refractivity contribution >= 4 is 17.7 Å². The molecule has 0 unspecified atom stereocenters. The number of aromatic nitrogens is 3. The van der Waals surface area contributed by atoms with Gasteiger partial charge in [-0.25, -0.2) is 0 Å². The second kappa shape index (κ2) is 9.32. The summed E-state index contributed by atoms with van der Waals surface area (Å²) in [5, 5.41) is 11.1. The van der Waals surface area contributed by atoms with Crippen LogP contribution >= 0.6 is 11.8 Å². The zero-order chi connectivity index (χ0) is 19.1. The molecule has 0 saturated heterocycles. The summed E-state index contributed by atoms with van der Waals surface area (Å²) in [5.41, 5.74) is 1.99. The minimum atomic E-state index is -0.333. The second-order valence-corrected chi connectivity index (χ2v) is 7.43. The van der Waals surface area contributed by atoms with Crippen molar-refractivity contribution in [1.82, 2.24) is 20.5 Å². The van der Waals surface area contributed by atoms with Crippen molar-refractivity contribution in [2.75, 3.05) is 6.54 Å². The normalized spacial score (nSPS) is 13.1. The van der Waals surface area contributed by atoms with Gasteiger partial charge in [-0.15, -0.1) is 10.2 Å². The van der Waals surface area contributed by atoms with Gasteiger partial charge in [-0.1, -0.05) is 49.0 Å². The number of carbonyl (C=O) groups excluding carboxylic acids is 1. The Balaban J connectivity index is 1.54. The monoisotopic (exact) mass is 382 g/mol. The minimum absolute atomic E-state index is 0.0458. The Morgan fingerprint density at radius 1 is 1.19 bits per heavy atom. The molecular formula is C20H22N4O2S. The summed E-state index contributed by atoms with van der Waals surface area (Å²) in [4.78, 5) is 16.5. The average molecular weight is 382 g/mol. The van der Waals surface area contributed by atoms with E-state index in [2.05, 4.69) is 39.6 Å². The Labute approximate surface area is 162 Å². The van der Waals surface area contributed by atoms with Gasteiger partial charge in [0.25, 0.3) is 5.22 Å². The van der Waals surface area contributed by atoms with E-state index in [9.17, 15) is 4.79 Å². The summed E-state index contributed by atoms with van der Waals surface area (Å²) < 4.78 is 5.63. The molecule has 0 bridgehead atoms. The SMILES string of the molecule is CC[C@@H](CNC(=O)[C@@H](C)Sc1nnc(-c2cccnc2)o1)c1ccccc1. The molecule has 1 amide bonds. The lowest BCUT2D eigenvalue weighted by Gasteiger charge is -2.17. The van der Waals surface area contributed by atoms with Gasteiger partial charge in [0.1, 0.15) is 0 Å². The van der Waals surface area contributed by atoms with Gasteiger partial charge in [-0.3, -0.25) is 9.78 Å². The third kappa shape index (κ3) is 5.17. The molecule has 7 heteroatoms. The summed E-state index contributed by atoms with van der Waals surface area (Å²) in [5.74, 6) is 0.650. The molecular weight excluding hydrogens is 360 g/mol. The standard InChI is InChI=1S/C20H22N4O2S/c1-3-15(16-8-5-4-6-9-16)13-22-18(25)14(2)27-20-24-23-19(26-20)17-10-7-11-21-12-17/h4-12,14-15H,3,13H2,1-2H3,(H,22,25)/t14-,15+/m1/s1. The molecule has 2 heterocycles. The van der Waals surface area contributed by atoms with Gasteiger partial charge in [-0.2, -0.15) is 0 Å². The maximum atomic E-state index is 12.4. The van der Waals surface area contributed by atoms with Crippen LogP contribution in [0.4, 0.5) is 0 Å². The van der Waals surface area contributed by atoms with Crippen molar-refractivity contribution in [2.24, 2.45) is 0 Å². The predicted molar refractivity (Wildman–Crippen MR) is 105 cm³/mol. The van der Waals surface area contributed by atoms with Crippen molar-refractivity contribution in [1.29, 1.82) is 0 Å². The highest BCUT2D eigenvalue weighted by Crippen LogP contribution is 2.26. The van der Waals surface area contributed by atoms with E-state index in [1.807, 2.05) is 31.2 Å². The number of carbonyl (C=O) groups is 1. The quantitative estimate of drug-likeness (QED) is 0.595. The lowest BCUT2D eigenvalue weighted by molar-refractivity contribution is -0.120. The summed E-state index contributed by atoms with van der Waals surface area (Å²) in [6.45, 7) is 4.56. The van der Waals surface area contributed by atoms with Crippen molar-refractivity contribution < 1.29 is 9.21 Å². The van der Waals surface area contributed by atoms with Crippen LogP contribution in [-0.2, 0) is 4.79 Å². The van der Waals surface area contributed by atoms with Gasteiger partial charge < -0.3 is 9.73 Å². The first kappa shape index (κ1) is 19.1. The molecule has 3 rings (SSSR count). The first-order valence-corrected chi connectivity index (χ1v) is 9.78. The third-order valence-corrected chi connectivity index (χ3v) is 5.18. The molecule has 0 aliphatic carbocycles. The third-order valence-electron chi connectivity index (χ3n) is 4.25. The smallest absolute Gasteiger partial charge is 0.277 e. The van der Waals surface area contributed by atoms with E-state index in [-0.39, 0.29) is 11.2 Å². The molecule has 1 N–H and O–H groups in total. The van der Waals surface area contributed by atoms with Gasteiger partial charge in [0.2, 0.25) is 11.8 Å². The fraction of sp³-hybridized carbons (Fsp3) is 0.300. The maximum Gasteiger partial charge on any atom is 0.277 e. The molecule has 0 aliphatic rings. The number of hydrogen-bond donors (Lipinski definition) is 1. The highest BCUT2D eigenvalue weighted by Gasteiger charge is 2.20. The van der Waals surface area contributed by atoms with Gasteiger partial charge in [0.15, 0.2) is 0 Å². The lowest BCUT2D eigenvalue weighted by atomic mass is 9.96. The van der Waals surface area contributed by atoms with E-state index in [0.29, 0.717) is 23.6 Å². The molecule has 2 atom stereocenters. The molecule has 0 fully saturated rings. The molecule has 27 heavy (non-hydrogen) atoms. The van der Waals surface area contributed by atoms with Crippen LogP contribution in [0.2, 0.25) is 0 Å². The molecule has 2 aromatic heterocycles. The van der Waals surface area contributed by atoms with Crippen LogP contribution in [0.1, 0.15) is 31.7 Å². The van der Waals surface area contributed by atoms with E-state index in [0.717, 1.165) is 12.0 Å². The number of nitrogens with one attached hydrogen (secondary N) is 1. The van der Waals surface area contributed by atoms with Gasteiger partial charge >= 0.3 is 0 Å². The predicted octanol–water partition coefficient (Wildman–Crippen LogP) is 3.92. The molecule has 140 valence electrons. The molecule has 0 spiro atoms. The van der Waals surface area contributed by atoms with Crippen molar-refractivity contribution in [3.63, 3.8) is 0 Å². The van der Waals surface area contributed by atoms with E-state index in [4.69, 9.17) is 4.42 Å². The van der Waals surface area contributed by atoms with Crippen LogP contribution in [0.3, 0.4) is 0 Å². The average Bonchev–Trinajstić information content (AvgIpc) is 3.18. The first-order valence-electron chi connectivity index (χ1n) is 8.90. The summed E-state index contributed by atoms with van der Waals surface area (Å²) in [7, 11) is 0. The van der Waals surface area contributed by atoms with Crippen LogP contribution in [0.5, 0.6) is 0 Å². The molecule has 0 saturated carbocycles. The van der Waals surface area contributed by atoms with Crippen molar-refractivity contribution in [3.8, 4) is 11.5 Å². The minimum Gasteiger partial charge on any atom is -0.411 e. The number of nitrogens with zero attached hydrogens (tertiary/aromatic N) is 3. The topological polar surface area (TPSA) is 80.9 Å². The summed E-state index contributed by atoms with van der Waals surface area (Å²) >= 11 is 1.25. The zero-order valence-electron chi connectivity index (χ0n) is 15.3. The number of amides is 1. The maximum absolute atomic E-state index is 12.4. The Hall–Kier alpha value is -2.67. The fourth-order valence-electron chi connectivity index (χ4n) is 2.66. The Morgan fingerprint density at radius 3 is 2.70 bits per heavy atom. The van der Waals surface area contributed by atoms with Gasteiger partial charge in [0, 0.05) is 24.9 Å². The highest BCUT2D eigenvalue weighted by atomic mass is 32.2. The largest absolute Gasteiger partial charge is 0.411 e. The Bertz CT molecular complexity index is 855. The lowest BCUT2D eigenvalue weighted by Crippen LogP contribution is -2.34. The van der Waals surface area contributed by atoms with Crippen LogP contribution in [0.25, 0.3) is 11.5 Å². The molecule has 1 aromatic carbocycles. The van der Waals surface area contributed by atoms with Crippen LogP contribution in [0.15, 0.2) is 64.5 Å². The Kier molecular flexibility index (Phi) is 6.59.